The minimum atomic E-state index is -0.361. The number of carbonyl (C=O) groups is 1. The Morgan fingerprint density at radius 3 is 2.85 bits per heavy atom. The number of aromatic nitrogens is 2. The number of hydrogen-bond donors (Lipinski definition) is 4. The van der Waals surface area contributed by atoms with Crippen LogP contribution in [0.25, 0.3) is 0 Å². The summed E-state index contributed by atoms with van der Waals surface area (Å²) < 4.78 is 0. The smallest absolute Gasteiger partial charge is 0.247 e. The van der Waals surface area contributed by atoms with E-state index in [2.05, 4.69) is 20.7 Å². The zero-order valence-corrected chi connectivity index (χ0v) is 11.0. The van der Waals surface area contributed by atoms with Crippen LogP contribution in [0.4, 0.5) is 5.13 Å². The molecule has 104 valence electrons. The highest BCUT2D eigenvalue weighted by atomic mass is 32.1. The highest BCUT2D eigenvalue weighted by molar-refractivity contribution is 7.15. The lowest BCUT2D eigenvalue weighted by Gasteiger charge is -1.99. The van der Waals surface area contributed by atoms with Gasteiger partial charge < -0.3 is 15.9 Å². The molecule has 1 amide bonds. The van der Waals surface area contributed by atoms with E-state index in [4.69, 9.17) is 10.8 Å². The van der Waals surface area contributed by atoms with Crippen LogP contribution in [0.5, 0.6) is 11.5 Å². The Bertz CT molecular complexity index is 655. The van der Waals surface area contributed by atoms with E-state index in [0.29, 0.717) is 15.7 Å². The fraction of sp³-hybridized carbons (Fsp3) is 0.0909. The number of anilines is 1. The summed E-state index contributed by atoms with van der Waals surface area (Å²) in [5.41, 5.74) is 8.23. The fourth-order valence-corrected chi connectivity index (χ4v) is 1.92. The second-order valence-electron chi connectivity index (χ2n) is 3.75. The Morgan fingerprint density at radius 2 is 2.20 bits per heavy atom. The van der Waals surface area contributed by atoms with Gasteiger partial charge in [0, 0.05) is 0 Å². The number of phenols is 2. The summed E-state index contributed by atoms with van der Waals surface area (Å²) in [6.45, 7) is 0. The zero-order chi connectivity index (χ0) is 14.5. The monoisotopic (exact) mass is 293 g/mol. The van der Waals surface area contributed by atoms with Gasteiger partial charge in [0.25, 0.3) is 0 Å². The van der Waals surface area contributed by atoms with Crippen LogP contribution in [-0.4, -0.2) is 32.5 Å². The number of nitrogen functional groups attached to an aromatic ring is 1. The number of benzene rings is 1. The summed E-state index contributed by atoms with van der Waals surface area (Å²) in [6.07, 6.45) is 1.37. The molecule has 0 unspecified atom stereocenters. The maximum atomic E-state index is 11.5. The van der Waals surface area contributed by atoms with Crippen LogP contribution in [0.3, 0.4) is 0 Å². The van der Waals surface area contributed by atoms with Crippen molar-refractivity contribution in [1.29, 1.82) is 0 Å². The zero-order valence-electron chi connectivity index (χ0n) is 10.1. The Hall–Kier alpha value is -2.68. The minimum absolute atomic E-state index is 0.0348. The normalized spacial score (nSPS) is 10.8. The SMILES string of the molecule is Nc1nnc(CC(=O)N/N=C\c2ccc(O)c(O)c2)s1. The third-order valence-electron chi connectivity index (χ3n) is 2.20. The Balaban J connectivity index is 1.89. The van der Waals surface area contributed by atoms with Crippen LogP contribution in [0.15, 0.2) is 23.3 Å². The molecule has 0 aliphatic rings. The maximum Gasteiger partial charge on any atom is 0.247 e. The molecule has 20 heavy (non-hydrogen) atoms. The number of phenolic OH excluding ortho intramolecular Hbond substituents is 2. The molecule has 0 bridgehead atoms. The highest BCUT2D eigenvalue weighted by Crippen LogP contribution is 2.23. The number of nitrogens with zero attached hydrogens (tertiary/aromatic N) is 3. The molecular formula is C11H11N5O3S. The molecule has 5 N–H and O–H groups in total. The first kappa shape index (κ1) is 13.7. The van der Waals surface area contributed by atoms with Crippen molar-refractivity contribution in [2.45, 2.75) is 6.42 Å². The standard InChI is InChI=1S/C11H11N5O3S/c12-11-16-15-10(20-11)4-9(19)14-13-5-6-1-2-7(17)8(18)3-6/h1-3,5,17-18H,4H2,(H2,12,16)(H,14,19)/b13-5-. The van der Waals surface area contributed by atoms with Crippen molar-refractivity contribution >= 4 is 28.6 Å². The van der Waals surface area contributed by atoms with Gasteiger partial charge in [-0.25, -0.2) is 5.43 Å². The maximum absolute atomic E-state index is 11.5. The van der Waals surface area contributed by atoms with Gasteiger partial charge in [-0.3, -0.25) is 4.79 Å². The van der Waals surface area contributed by atoms with E-state index in [1.165, 1.54) is 24.4 Å². The second kappa shape index (κ2) is 5.97. The number of aromatic hydroxyl groups is 2. The third-order valence-corrected chi connectivity index (χ3v) is 2.95. The van der Waals surface area contributed by atoms with E-state index >= 15 is 0 Å². The average Bonchev–Trinajstić information content (AvgIpc) is 2.79. The minimum Gasteiger partial charge on any atom is -0.504 e. The van der Waals surface area contributed by atoms with Crippen molar-refractivity contribution in [3.05, 3.63) is 28.8 Å². The number of carbonyl (C=O) groups excluding carboxylic acids is 1. The first-order chi connectivity index (χ1) is 9.54. The largest absolute Gasteiger partial charge is 0.504 e. The Morgan fingerprint density at radius 1 is 1.40 bits per heavy atom. The first-order valence-electron chi connectivity index (χ1n) is 5.46. The Labute approximate surface area is 117 Å². The van der Waals surface area contributed by atoms with E-state index in [-0.39, 0.29) is 23.8 Å². The predicted molar refractivity (Wildman–Crippen MR) is 73.5 cm³/mol. The lowest BCUT2D eigenvalue weighted by molar-refractivity contribution is -0.120. The van der Waals surface area contributed by atoms with E-state index in [1.807, 2.05) is 0 Å². The number of rotatable bonds is 4. The molecule has 0 spiro atoms. The van der Waals surface area contributed by atoms with Gasteiger partial charge in [-0.15, -0.1) is 10.2 Å². The second-order valence-corrected chi connectivity index (χ2v) is 4.85. The number of hydrazone groups is 1. The lowest BCUT2D eigenvalue weighted by Crippen LogP contribution is -2.19. The molecule has 9 heteroatoms. The molecule has 1 aromatic carbocycles. The van der Waals surface area contributed by atoms with Gasteiger partial charge in [-0.1, -0.05) is 11.3 Å². The molecule has 0 aliphatic heterocycles. The molecule has 2 aromatic rings. The molecular weight excluding hydrogens is 282 g/mol. The van der Waals surface area contributed by atoms with Crippen molar-refractivity contribution in [3.63, 3.8) is 0 Å². The van der Waals surface area contributed by atoms with Crippen molar-refractivity contribution in [1.82, 2.24) is 15.6 Å². The van der Waals surface area contributed by atoms with E-state index in [1.54, 1.807) is 0 Å². The van der Waals surface area contributed by atoms with Gasteiger partial charge in [0.2, 0.25) is 11.0 Å². The summed E-state index contributed by atoms with van der Waals surface area (Å²) >= 11 is 1.13. The third kappa shape index (κ3) is 3.65. The molecule has 0 aliphatic carbocycles. The van der Waals surface area contributed by atoms with Crippen LogP contribution in [0.2, 0.25) is 0 Å². The quantitative estimate of drug-likeness (QED) is 0.362. The number of amides is 1. The molecule has 0 atom stereocenters. The van der Waals surface area contributed by atoms with Gasteiger partial charge >= 0.3 is 0 Å². The summed E-state index contributed by atoms with van der Waals surface area (Å²) in [5, 5.41) is 30.2. The van der Waals surface area contributed by atoms with Crippen LogP contribution >= 0.6 is 11.3 Å². The van der Waals surface area contributed by atoms with Crippen molar-refractivity contribution in [2.75, 3.05) is 5.73 Å². The van der Waals surface area contributed by atoms with Gasteiger partial charge in [-0.2, -0.15) is 5.10 Å². The summed E-state index contributed by atoms with van der Waals surface area (Å²) in [4.78, 5) is 11.5. The number of nitrogens with one attached hydrogen (secondary N) is 1. The summed E-state index contributed by atoms with van der Waals surface area (Å²) in [5.74, 6) is -0.843. The first-order valence-corrected chi connectivity index (χ1v) is 6.28. The van der Waals surface area contributed by atoms with Gasteiger partial charge in [0.1, 0.15) is 5.01 Å². The van der Waals surface area contributed by atoms with Crippen LogP contribution in [0, 0.1) is 0 Å². The van der Waals surface area contributed by atoms with Crippen molar-refractivity contribution < 1.29 is 15.0 Å². The Kier molecular flexibility index (Phi) is 4.11. The molecule has 0 saturated carbocycles. The summed E-state index contributed by atoms with van der Waals surface area (Å²) in [7, 11) is 0. The fourth-order valence-electron chi connectivity index (χ4n) is 1.31. The molecule has 1 heterocycles. The summed E-state index contributed by atoms with van der Waals surface area (Å²) in [6, 6.07) is 4.18. The molecule has 2 rings (SSSR count). The number of hydrogen-bond acceptors (Lipinski definition) is 8. The molecule has 0 fully saturated rings. The molecule has 0 saturated heterocycles. The van der Waals surface area contributed by atoms with Crippen molar-refractivity contribution in [2.24, 2.45) is 5.10 Å². The van der Waals surface area contributed by atoms with Crippen molar-refractivity contribution in [3.8, 4) is 11.5 Å². The van der Waals surface area contributed by atoms with Crippen LogP contribution in [-0.2, 0) is 11.2 Å². The average molecular weight is 293 g/mol. The van der Waals surface area contributed by atoms with E-state index in [0.717, 1.165) is 11.3 Å². The van der Waals surface area contributed by atoms with Crippen LogP contribution in [0.1, 0.15) is 10.6 Å². The highest BCUT2D eigenvalue weighted by Gasteiger charge is 2.07. The predicted octanol–water partition coefficient (Wildman–Crippen LogP) is 0.224. The van der Waals surface area contributed by atoms with E-state index in [9.17, 15) is 9.90 Å². The molecule has 8 nitrogen and oxygen atoms in total. The topological polar surface area (TPSA) is 134 Å². The van der Waals surface area contributed by atoms with Crippen LogP contribution < -0.4 is 11.2 Å². The van der Waals surface area contributed by atoms with Gasteiger partial charge in [-0.05, 0) is 23.8 Å². The number of nitrogens with two attached hydrogens (primary N) is 1. The lowest BCUT2D eigenvalue weighted by atomic mass is 10.2. The van der Waals surface area contributed by atoms with Gasteiger partial charge in [0.05, 0.1) is 12.6 Å². The molecule has 1 aromatic heterocycles. The van der Waals surface area contributed by atoms with Gasteiger partial charge in [0.15, 0.2) is 11.5 Å². The molecule has 0 radical (unpaired) electrons. The van der Waals surface area contributed by atoms with E-state index < -0.39 is 0 Å².